The Morgan fingerprint density at radius 1 is 0.595 bits per heavy atom. The normalized spacial score (nSPS) is 20.4. The number of carboxylic acid groups (broad SMARTS) is 2. The number of aliphatic carboxylic acids is 2. The third-order valence-electron chi connectivity index (χ3n) is 14.0. The van der Waals surface area contributed by atoms with Gasteiger partial charge in [-0.2, -0.15) is 0 Å². The summed E-state index contributed by atoms with van der Waals surface area (Å²) in [6.07, 6.45) is 5.35. The molecule has 3 aliphatic carbocycles. The van der Waals surface area contributed by atoms with Crippen LogP contribution < -0.4 is 40.2 Å². The minimum atomic E-state index is -2.69. The number of anilines is 2. The van der Waals surface area contributed by atoms with E-state index in [1.807, 2.05) is 0 Å². The van der Waals surface area contributed by atoms with Gasteiger partial charge in [-0.15, -0.1) is 22.7 Å². The summed E-state index contributed by atoms with van der Waals surface area (Å²) < 4.78 is 22.7. The molecule has 0 bridgehead atoms. The number of carbonyl (C=O) groups is 8. The van der Waals surface area contributed by atoms with Gasteiger partial charge in [0.15, 0.2) is 34.1 Å². The van der Waals surface area contributed by atoms with Crippen LogP contribution in [0.4, 0.5) is 11.4 Å². The average Bonchev–Trinajstić information content (AvgIpc) is 4.12. The summed E-state index contributed by atoms with van der Waals surface area (Å²) in [4.78, 5) is 110. The third kappa shape index (κ3) is 9.33. The maximum absolute atomic E-state index is 14.8. The number of nitrogens with one attached hydrogen (secondary N) is 4. The number of carbonyl (C=O) groups excluding carboxylic acids is 6. The van der Waals surface area contributed by atoms with Gasteiger partial charge in [0, 0.05) is 28.4 Å². The number of hydrogen-bond acceptors (Lipinski definition) is 15. The fourth-order valence-electron chi connectivity index (χ4n) is 9.84. The van der Waals surface area contributed by atoms with Crippen LogP contribution in [0, 0.1) is 5.92 Å². The summed E-state index contributed by atoms with van der Waals surface area (Å²) in [5, 5.41) is 38.4. The molecular weight excluding hydrogens is 993 g/mol. The van der Waals surface area contributed by atoms with Crippen LogP contribution in [0.2, 0.25) is 0 Å². The molecule has 2 aromatic heterocycles. The molecule has 0 aliphatic heterocycles. The minimum absolute atomic E-state index is 0.0503. The Labute approximate surface area is 431 Å². The Morgan fingerprint density at radius 2 is 1.05 bits per heavy atom. The number of rotatable bonds is 19. The lowest BCUT2D eigenvalue weighted by atomic mass is 9.43. The molecule has 3 saturated carbocycles. The van der Waals surface area contributed by atoms with Crippen LogP contribution >= 0.6 is 22.7 Å². The monoisotopic (exact) mass is 1040 g/mol. The smallest absolute Gasteiger partial charge is 0.353 e. The second-order valence-electron chi connectivity index (χ2n) is 18.2. The highest BCUT2D eigenvalue weighted by molar-refractivity contribution is 7.12. The minimum Gasteiger partial charge on any atom is -0.493 e. The molecule has 380 valence electrons. The summed E-state index contributed by atoms with van der Waals surface area (Å²) in [7, 11) is 2.50. The van der Waals surface area contributed by atoms with Crippen molar-refractivity contribution in [3.63, 3.8) is 0 Å². The molecule has 0 radical (unpaired) electrons. The number of aldehydes is 1. The number of thiophene rings is 2. The van der Waals surface area contributed by atoms with Gasteiger partial charge in [0.2, 0.25) is 5.91 Å². The number of carboxylic acids is 2. The van der Waals surface area contributed by atoms with Crippen LogP contribution in [0.5, 0.6) is 23.0 Å². The molecule has 74 heavy (non-hydrogen) atoms. The fraction of sp³-hybridized carbons (Fsp3) is 0.259. The number of hydrogen-bond donors (Lipinski definition) is 6. The van der Waals surface area contributed by atoms with Gasteiger partial charge in [-0.05, 0) is 139 Å². The molecular formula is C54H48N4O14S2. The first-order valence-electron chi connectivity index (χ1n) is 23.4. The molecule has 0 spiro atoms. The molecule has 9 rings (SSSR count). The van der Waals surface area contributed by atoms with Crippen molar-refractivity contribution in [2.45, 2.75) is 67.0 Å². The van der Waals surface area contributed by atoms with E-state index in [0.717, 1.165) is 54.6 Å². The highest BCUT2D eigenvalue weighted by Crippen LogP contribution is 2.64. The highest BCUT2D eigenvalue weighted by Gasteiger charge is 2.80. The zero-order chi connectivity index (χ0) is 52.4. The van der Waals surface area contributed by atoms with E-state index in [1.54, 1.807) is 47.2 Å². The Kier molecular flexibility index (Phi) is 14.1. The van der Waals surface area contributed by atoms with Crippen molar-refractivity contribution in [1.29, 1.82) is 0 Å². The van der Waals surface area contributed by atoms with Gasteiger partial charge in [-0.3, -0.25) is 14.4 Å². The van der Waals surface area contributed by atoms with Crippen molar-refractivity contribution in [3.05, 3.63) is 152 Å². The SMILES string of the molecule is COc1cc(C2C(NC(=O)c3ccc(NC(=O)C4CCC4)cc3)(C(=O)O)C(c3ccc(OC(=O)c4cccs4)c(OC)c3)C2(NC(=O)c2ccc(NC3(C=O)CCC3)cc2)C(=O)O)ccc1OC(=O)c1cccs1. The summed E-state index contributed by atoms with van der Waals surface area (Å²) >= 11 is 2.24. The van der Waals surface area contributed by atoms with E-state index in [0.29, 0.717) is 24.2 Å². The van der Waals surface area contributed by atoms with Gasteiger partial charge in [0.05, 0.1) is 31.6 Å². The standard InChI is InChI=1S/C54H48N4O14S2/c1-69-39-27-33(15-21-37(39)71-48(63)41-9-4-25-73-41)43-53(50(65)66,57-46(61)31-11-17-35(18-12-31)55-45(60)30-7-3-8-30)44(34-16-22-38(40(28-34)70-2)72-49(64)42-10-5-26-74-42)54(43,51(67)68)58-47(62)32-13-19-36(20-14-32)56-52(29-59)23-6-24-52/h4-5,9-22,25-30,43-44,56H,3,6-8,23-24H2,1-2H3,(H,55,60)(H,57,61)(H,58,62)(H,65,66)(H,67,68). The van der Waals surface area contributed by atoms with Gasteiger partial charge in [-0.25, -0.2) is 19.2 Å². The van der Waals surface area contributed by atoms with Crippen LogP contribution in [0.25, 0.3) is 0 Å². The zero-order valence-electron chi connectivity index (χ0n) is 39.7. The molecule has 2 atom stereocenters. The van der Waals surface area contributed by atoms with Crippen molar-refractivity contribution in [3.8, 4) is 23.0 Å². The second-order valence-corrected chi connectivity index (χ2v) is 20.1. The van der Waals surface area contributed by atoms with Crippen molar-refractivity contribution < 1.29 is 67.5 Å². The molecule has 6 N–H and O–H groups in total. The van der Waals surface area contributed by atoms with Crippen molar-refractivity contribution in [1.82, 2.24) is 10.6 Å². The fourth-order valence-corrected chi connectivity index (χ4v) is 11.0. The quantitative estimate of drug-likeness (QED) is 0.0256. The summed E-state index contributed by atoms with van der Waals surface area (Å²) in [6.45, 7) is 0. The number of ether oxygens (including phenoxy) is 4. The molecule has 3 fully saturated rings. The largest absolute Gasteiger partial charge is 0.493 e. The summed E-state index contributed by atoms with van der Waals surface area (Å²) in [5.74, 6) is -11.5. The lowest BCUT2D eigenvalue weighted by Gasteiger charge is -2.64. The number of methoxy groups -OCH3 is 2. The van der Waals surface area contributed by atoms with Gasteiger partial charge in [-0.1, -0.05) is 30.7 Å². The van der Waals surface area contributed by atoms with E-state index >= 15 is 0 Å². The van der Waals surface area contributed by atoms with Crippen LogP contribution in [0.1, 0.15) is 102 Å². The van der Waals surface area contributed by atoms with E-state index < -0.39 is 64.1 Å². The van der Waals surface area contributed by atoms with Gasteiger partial charge in [0.25, 0.3) is 11.8 Å². The number of amides is 3. The van der Waals surface area contributed by atoms with Crippen LogP contribution in [0.3, 0.4) is 0 Å². The van der Waals surface area contributed by atoms with Gasteiger partial charge >= 0.3 is 23.9 Å². The van der Waals surface area contributed by atoms with Gasteiger partial charge < -0.3 is 55.2 Å². The lowest BCUT2D eigenvalue weighted by Crippen LogP contribution is -2.86. The Morgan fingerprint density at radius 3 is 1.41 bits per heavy atom. The first-order chi connectivity index (χ1) is 35.6. The summed E-state index contributed by atoms with van der Waals surface area (Å²) in [6, 6.07) is 25.7. The van der Waals surface area contributed by atoms with E-state index in [1.165, 1.54) is 87.0 Å². The zero-order valence-corrected chi connectivity index (χ0v) is 41.3. The van der Waals surface area contributed by atoms with Crippen LogP contribution in [-0.2, 0) is 19.2 Å². The molecule has 0 saturated heterocycles. The second kappa shape index (κ2) is 20.6. The first-order valence-corrected chi connectivity index (χ1v) is 25.2. The number of benzene rings is 4. The molecule has 3 aliphatic rings. The predicted octanol–water partition coefficient (Wildman–Crippen LogP) is 7.93. The van der Waals surface area contributed by atoms with Crippen LogP contribution in [-0.4, -0.2) is 88.9 Å². The molecule has 4 aromatic carbocycles. The van der Waals surface area contributed by atoms with Crippen molar-refractivity contribution in [2.75, 3.05) is 24.9 Å². The van der Waals surface area contributed by atoms with Crippen LogP contribution in [0.15, 0.2) is 120 Å². The molecule has 18 nitrogen and oxygen atoms in total. The Hall–Kier alpha value is -8.36. The molecule has 2 unspecified atom stereocenters. The molecule has 6 aromatic rings. The topological polar surface area (TPSA) is 262 Å². The predicted molar refractivity (Wildman–Crippen MR) is 271 cm³/mol. The van der Waals surface area contributed by atoms with E-state index in [-0.39, 0.29) is 66.8 Å². The van der Waals surface area contributed by atoms with E-state index in [9.17, 15) is 48.6 Å². The van der Waals surface area contributed by atoms with Crippen molar-refractivity contribution >= 4 is 81.9 Å². The van der Waals surface area contributed by atoms with E-state index in [4.69, 9.17) is 18.9 Å². The molecule has 3 amide bonds. The number of esters is 2. The van der Waals surface area contributed by atoms with E-state index in [2.05, 4.69) is 21.3 Å². The summed E-state index contributed by atoms with van der Waals surface area (Å²) in [5.41, 5.74) is -5.57. The lowest BCUT2D eigenvalue weighted by molar-refractivity contribution is -0.171. The first kappa shape index (κ1) is 50.6. The average molecular weight is 1040 g/mol. The Bertz CT molecular complexity index is 3040. The third-order valence-corrected chi connectivity index (χ3v) is 15.7. The maximum Gasteiger partial charge on any atom is 0.353 e. The van der Waals surface area contributed by atoms with Crippen molar-refractivity contribution in [2.24, 2.45) is 5.92 Å². The Balaban J connectivity index is 1.19. The van der Waals surface area contributed by atoms with Gasteiger partial charge in [0.1, 0.15) is 16.0 Å². The maximum atomic E-state index is 14.8. The molecule has 2 heterocycles. The highest BCUT2D eigenvalue weighted by atomic mass is 32.1. The molecule has 20 heteroatoms.